The average molecular weight is 510 g/mol. The number of hydrogen-bond donors (Lipinski definition) is 2. The van der Waals surface area contributed by atoms with Gasteiger partial charge in [-0.2, -0.15) is 0 Å². The molecule has 0 saturated carbocycles. The second-order valence-electron chi connectivity index (χ2n) is 10.1. The first kappa shape index (κ1) is 28.4. The Kier molecular flexibility index (Phi) is 13.7. The molecule has 0 radical (unpaired) electrons. The van der Waals surface area contributed by atoms with Gasteiger partial charge in [0.15, 0.2) is 0 Å². The van der Waals surface area contributed by atoms with Crippen LogP contribution in [0.25, 0.3) is 11.0 Å². The first-order valence-electron chi connectivity index (χ1n) is 14.4. The fourth-order valence-corrected chi connectivity index (χ4v) is 5.66. The van der Waals surface area contributed by atoms with E-state index in [-0.39, 0.29) is 0 Å². The van der Waals surface area contributed by atoms with E-state index in [1.165, 1.54) is 96.3 Å². The maximum absolute atomic E-state index is 10.0. The molecule has 0 fully saturated rings. The molecule has 0 saturated heterocycles. The lowest BCUT2D eigenvalue weighted by Crippen LogP contribution is -2.03. The second kappa shape index (κ2) is 17.3. The number of unbranched alkanes of at least 4 members (excludes halogenated alkanes) is 15. The molecule has 0 amide bonds. The zero-order valence-electron chi connectivity index (χ0n) is 22.4. The molecule has 36 heavy (non-hydrogen) atoms. The van der Waals surface area contributed by atoms with Crippen molar-refractivity contribution in [2.75, 3.05) is 11.9 Å². The van der Waals surface area contributed by atoms with Gasteiger partial charge in [0.2, 0.25) is 0 Å². The molecule has 1 aromatic heterocycles. The van der Waals surface area contributed by atoms with Crippen LogP contribution in [0, 0.1) is 0 Å². The zero-order chi connectivity index (χ0) is 25.3. The quantitative estimate of drug-likeness (QED) is 0.149. The monoisotopic (exact) mass is 509 g/mol. The SMILES string of the molecule is CCCCCCCCCCCCCCCCCCNc1cc(O)ccc1Sn1cnc2ccccc21. The molecule has 2 aromatic carbocycles. The van der Waals surface area contributed by atoms with E-state index in [2.05, 4.69) is 27.3 Å². The Bertz CT molecular complexity index is 987. The molecule has 1 heterocycles. The summed E-state index contributed by atoms with van der Waals surface area (Å²) in [6.45, 7) is 3.22. The van der Waals surface area contributed by atoms with Gasteiger partial charge in [-0.05, 0) is 42.6 Å². The van der Waals surface area contributed by atoms with Crippen LogP contribution >= 0.6 is 11.9 Å². The molecule has 5 heteroatoms. The first-order valence-corrected chi connectivity index (χ1v) is 15.2. The molecular formula is C31H47N3OS. The molecule has 0 aliphatic heterocycles. The van der Waals surface area contributed by atoms with E-state index < -0.39 is 0 Å². The maximum atomic E-state index is 10.0. The van der Waals surface area contributed by atoms with Crippen molar-refractivity contribution in [3.05, 3.63) is 48.8 Å². The molecule has 0 bridgehead atoms. The molecule has 0 spiro atoms. The summed E-state index contributed by atoms with van der Waals surface area (Å²) in [7, 11) is 0. The number of nitrogens with zero attached hydrogens (tertiary/aromatic N) is 2. The summed E-state index contributed by atoms with van der Waals surface area (Å²) in [5.41, 5.74) is 3.07. The van der Waals surface area contributed by atoms with Gasteiger partial charge >= 0.3 is 0 Å². The fourth-order valence-electron chi connectivity index (χ4n) is 4.75. The Morgan fingerprint density at radius 3 is 1.97 bits per heavy atom. The number of para-hydroxylation sites is 2. The highest BCUT2D eigenvalue weighted by molar-refractivity contribution is 7.98. The molecule has 2 N–H and O–H groups in total. The summed E-state index contributed by atoms with van der Waals surface area (Å²) < 4.78 is 2.08. The molecule has 0 aliphatic rings. The third kappa shape index (κ3) is 10.5. The lowest BCUT2D eigenvalue weighted by atomic mass is 10.0. The summed E-state index contributed by atoms with van der Waals surface area (Å²) in [6.07, 6.45) is 24.0. The molecule has 0 aliphatic carbocycles. The molecule has 3 aromatic rings. The van der Waals surface area contributed by atoms with Crippen molar-refractivity contribution < 1.29 is 5.11 Å². The molecule has 4 nitrogen and oxygen atoms in total. The third-order valence-corrected chi connectivity index (χ3v) is 7.97. The normalized spacial score (nSPS) is 11.4. The number of nitrogens with one attached hydrogen (secondary N) is 1. The maximum Gasteiger partial charge on any atom is 0.117 e. The topological polar surface area (TPSA) is 50.1 Å². The summed E-state index contributed by atoms with van der Waals surface area (Å²) >= 11 is 1.63. The van der Waals surface area contributed by atoms with Crippen LogP contribution in [0.1, 0.15) is 110 Å². The van der Waals surface area contributed by atoms with E-state index in [0.29, 0.717) is 5.75 Å². The Morgan fingerprint density at radius 2 is 1.33 bits per heavy atom. The van der Waals surface area contributed by atoms with Crippen molar-refractivity contribution in [2.45, 2.75) is 115 Å². The number of hydrogen-bond acceptors (Lipinski definition) is 4. The highest BCUT2D eigenvalue weighted by Crippen LogP contribution is 2.33. The lowest BCUT2D eigenvalue weighted by molar-refractivity contribution is 0.475. The van der Waals surface area contributed by atoms with Crippen LogP contribution in [0.3, 0.4) is 0 Å². The van der Waals surface area contributed by atoms with E-state index in [4.69, 9.17) is 0 Å². The van der Waals surface area contributed by atoms with Gasteiger partial charge in [-0.15, -0.1) is 0 Å². The van der Waals surface area contributed by atoms with Crippen molar-refractivity contribution in [1.82, 2.24) is 8.96 Å². The van der Waals surface area contributed by atoms with Crippen molar-refractivity contribution >= 4 is 28.7 Å². The number of phenols is 1. The van der Waals surface area contributed by atoms with E-state index in [1.54, 1.807) is 18.0 Å². The molecular weight excluding hydrogens is 462 g/mol. The van der Waals surface area contributed by atoms with Crippen LogP contribution < -0.4 is 5.32 Å². The van der Waals surface area contributed by atoms with Crippen LogP contribution in [0.15, 0.2) is 53.7 Å². The zero-order valence-corrected chi connectivity index (χ0v) is 23.2. The van der Waals surface area contributed by atoms with Gasteiger partial charge in [-0.3, -0.25) is 3.97 Å². The Morgan fingerprint density at radius 1 is 0.750 bits per heavy atom. The van der Waals surface area contributed by atoms with Crippen LogP contribution in [-0.2, 0) is 0 Å². The third-order valence-electron chi connectivity index (χ3n) is 6.93. The number of fused-ring (bicyclic) bond motifs is 1. The number of phenolic OH excluding ortho intramolecular Hbond substituents is 1. The van der Waals surface area contributed by atoms with Gasteiger partial charge in [-0.1, -0.05) is 115 Å². The molecule has 0 atom stereocenters. The van der Waals surface area contributed by atoms with E-state index in [1.807, 2.05) is 36.7 Å². The van der Waals surface area contributed by atoms with E-state index in [9.17, 15) is 5.11 Å². The minimum atomic E-state index is 0.296. The predicted molar refractivity (Wildman–Crippen MR) is 157 cm³/mol. The summed E-state index contributed by atoms with van der Waals surface area (Å²) in [6, 6.07) is 13.7. The number of aromatic nitrogens is 2. The fraction of sp³-hybridized carbons (Fsp3) is 0.581. The van der Waals surface area contributed by atoms with Gasteiger partial charge in [0, 0.05) is 12.6 Å². The summed E-state index contributed by atoms with van der Waals surface area (Å²) in [4.78, 5) is 5.57. The number of rotatable bonds is 20. The summed E-state index contributed by atoms with van der Waals surface area (Å²) in [5.74, 6) is 0.296. The summed E-state index contributed by atoms with van der Waals surface area (Å²) in [5, 5.41) is 13.6. The predicted octanol–water partition coefficient (Wildman–Crippen LogP) is 9.97. The number of imidazole rings is 1. The van der Waals surface area contributed by atoms with Crippen molar-refractivity contribution in [2.24, 2.45) is 0 Å². The second-order valence-corrected chi connectivity index (χ2v) is 11.1. The molecule has 3 rings (SSSR count). The van der Waals surface area contributed by atoms with E-state index in [0.717, 1.165) is 34.6 Å². The molecule has 198 valence electrons. The van der Waals surface area contributed by atoms with Crippen LogP contribution in [-0.4, -0.2) is 20.6 Å². The Hall–Kier alpha value is -2.14. The average Bonchev–Trinajstić information content (AvgIpc) is 3.30. The van der Waals surface area contributed by atoms with Gasteiger partial charge < -0.3 is 10.4 Å². The number of aromatic hydroxyl groups is 1. The van der Waals surface area contributed by atoms with Gasteiger partial charge in [-0.25, -0.2) is 4.98 Å². The van der Waals surface area contributed by atoms with Crippen molar-refractivity contribution in [3.63, 3.8) is 0 Å². The molecule has 0 unspecified atom stereocenters. The minimum Gasteiger partial charge on any atom is -0.508 e. The van der Waals surface area contributed by atoms with E-state index >= 15 is 0 Å². The number of anilines is 1. The minimum absolute atomic E-state index is 0.296. The van der Waals surface area contributed by atoms with Crippen molar-refractivity contribution in [1.29, 1.82) is 0 Å². The Labute approximate surface area is 223 Å². The Balaban J connectivity index is 1.22. The van der Waals surface area contributed by atoms with Gasteiger partial charge in [0.1, 0.15) is 12.1 Å². The smallest absolute Gasteiger partial charge is 0.117 e. The highest BCUT2D eigenvalue weighted by atomic mass is 32.2. The number of benzene rings is 2. The lowest BCUT2D eigenvalue weighted by Gasteiger charge is -2.13. The highest BCUT2D eigenvalue weighted by Gasteiger charge is 2.09. The van der Waals surface area contributed by atoms with Crippen LogP contribution in [0.2, 0.25) is 0 Å². The van der Waals surface area contributed by atoms with Crippen LogP contribution in [0.5, 0.6) is 5.75 Å². The van der Waals surface area contributed by atoms with Gasteiger partial charge in [0.25, 0.3) is 0 Å². The largest absolute Gasteiger partial charge is 0.508 e. The van der Waals surface area contributed by atoms with Crippen molar-refractivity contribution in [3.8, 4) is 5.75 Å². The van der Waals surface area contributed by atoms with Crippen LogP contribution in [0.4, 0.5) is 5.69 Å². The van der Waals surface area contributed by atoms with Gasteiger partial charge in [0.05, 0.1) is 21.6 Å². The first-order chi connectivity index (χ1) is 17.8. The standard InChI is InChI=1S/C31H47N3OS/c1-2-3-4-5-6-7-8-9-10-11-12-13-14-15-16-19-24-32-29-25-27(35)22-23-31(29)36-34-26-33-28-20-17-18-21-30(28)34/h17-18,20-23,25-26,32,35H,2-16,19,24H2,1H3.